The molecule has 0 aliphatic heterocycles. The highest BCUT2D eigenvalue weighted by atomic mass is 79.9. The number of aliphatic hydroxyl groups is 1. The first kappa shape index (κ1) is 13.9. The fourth-order valence-corrected chi connectivity index (χ4v) is 3.13. The van der Waals surface area contributed by atoms with E-state index in [4.69, 9.17) is 16.3 Å². The number of halogens is 2. The van der Waals surface area contributed by atoms with Gasteiger partial charge in [0.05, 0.1) is 9.89 Å². The number of rotatable bonds is 4. The van der Waals surface area contributed by atoms with E-state index in [2.05, 4.69) is 15.9 Å². The van der Waals surface area contributed by atoms with Crippen LogP contribution in [0.4, 0.5) is 0 Å². The number of ether oxygens (including phenoxy) is 1. The average molecular weight is 348 g/mol. The molecule has 1 heterocycles. The molecular formula is C13H12BrClO2S. The van der Waals surface area contributed by atoms with Crippen molar-refractivity contribution >= 4 is 38.9 Å². The molecular weight excluding hydrogens is 336 g/mol. The highest BCUT2D eigenvalue weighted by Crippen LogP contribution is 2.30. The molecule has 0 saturated carbocycles. The van der Waals surface area contributed by atoms with Crippen LogP contribution in [0.15, 0.2) is 34.1 Å². The van der Waals surface area contributed by atoms with E-state index < -0.39 is 6.10 Å². The van der Waals surface area contributed by atoms with E-state index in [1.807, 2.05) is 12.1 Å². The van der Waals surface area contributed by atoms with Gasteiger partial charge in [-0.15, -0.1) is 11.3 Å². The maximum atomic E-state index is 9.69. The number of aliphatic hydroxyl groups excluding tert-OH is 1. The molecule has 0 fully saturated rings. The molecule has 1 aromatic carbocycles. The molecule has 1 atom stereocenters. The lowest BCUT2D eigenvalue weighted by molar-refractivity contribution is 0.190. The van der Waals surface area contributed by atoms with E-state index in [1.54, 1.807) is 36.5 Å². The highest BCUT2D eigenvalue weighted by Gasteiger charge is 2.10. The van der Waals surface area contributed by atoms with E-state index in [0.29, 0.717) is 22.9 Å². The van der Waals surface area contributed by atoms with Crippen LogP contribution >= 0.6 is 38.9 Å². The van der Waals surface area contributed by atoms with Crippen molar-refractivity contribution in [3.8, 4) is 5.75 Å². The number of hydrogen-bond donors (Lipinski definition) is 1. The zero-order valence-electron chi connectivity index (χ0n) is 9.69. The van der Waals surface area contributed by atoms with Crippen LogP contribution in [-0.4, -0.2) is 5.11 Å². The Morgan fingerprint density at radius 3 is 2.78 bits per heavy atom. The Bertz CT molecular complexity index is 540. The summed E-state index contributed by atoms with van der Waals surface area (Å²) in [4.78, 5) is 1.12. The molecule has 1 aromatic heterocycles. The van der Waals surface area contributed by atoms with Crippen LogP contribution in [0.5, 0.6) is 5.75 Å². The number of hydrogen-bond acceptors (Lipinski definition) is 3. The van der Waals surface area contributed by atoms with Gasteiger partial charge in [-0.3, -0.25) is 0 Å². The first-order valence-electron chi connectivity index (χ1n) is 5.41. The molecule has 2 nitrogen and oxygen atoms in total. The zero-order valence-corrected chi connectivity index (χ0v) is 12.8. The van der Waals surface area contributed by atoms with Gasteiger partial charge < -0.3 is 9.84 Å². The Hall–Kier alpha value is -0.550. The molecule has 1 N–H and O–H groups in total. The third-order valence-corrected chi connectivity index (χ3v) is 4.25. The monoisotopic (exact) mass is 346 g/mol. The van der Waals surface area contributed by atoms with Gasteiger partial charge in [0, 0.05) is 15.5 Å². The average Bonchev–Trinajstić information content (AvgIpc) is 2.73. The molecule has 0 saturated heterocycles. The molecule has 18 heavy (non-hydrogen) atoms. The lowest BCUT2D eigenvalue weighted by Crippen LogP contribution is -1.99. The summed E-state index contributed by atoms with van der Waals surface area (Å²) in [6, 6.07) is 9.26. The molecule has 5 heteroatoms. The van der Waals surface area contributed by atoms with Crippen molar-refractivity contribution in [1.82, 2.24) is 0 Å². The molecule has 2 aromatic rings. The van der Waals surface area contributed by atoms with Crippen LogP contribution in [0.2, 0.25) is 5.02 Å². The summed E-state index contributed by atoms with van der Waals surface area (Å²) in [7, 11) is 0. The summed E-state index contributed by atoms with van der Waals surface area (Å²) < 4.78 is 6.80. The summed E-state index contributed by atoms with van der Waals surface area (Å²) in [5.41, 5.74) is 0.707. The van der Waals surface area contributed by atoms with Crippen LogP contribution in [0, 0.1) is 0 Å². The van der Waals surface area contributed by atoms with E-state index in [9.17, 15) is 5.11 Å². The van der Waals surface area contributed by atoms with Crippen LogP contribution < -0.4 is 4.74 Å². The van der Waals surface area contributed by atoms with E-state index in [1.165, 1.54) is 0 Å². The van der Waals surface area contributed by atoms with Gasteiger partial charge in [-0.1, -0.05) is 11.6 Å². The number of thiophene rings is 1. The van der Waals surface area contributed by atoms with Crippen molar-refractivity contribution in [3.05, 3.63) is 49.6 Å². The Morgan fingerprint density at radius 1 is 1.39 bits per heavy atom. The maximum absolute atomic E-state index is 9.69. The van der Waals surface area contributed by atoms with E-state index >= 15 is 0 Å². The van der Waals surface area contributed by atoms with E-state index in [0.717, 1.165) is 8.66 Å². The van der Waals surface area contributed by atoms with Gasteiger partial charge in [-0.2, -0.15) is 0 Å². The summed E-state index contributed by atoms with van der Waals surface area (Å²) >= 11 is 10.9. The Labute approximate surface area is 123 Å². The van der Waals surface area contributed by atoms with Crippen LogP contribution in [0.3, 0.4) is 0 Å². The molecule has 0 unspecified atom stereocenters. The van der Waals surface area contributed by atoms with E-state index in [-0.39, 0.29) is 0 Å². The van der Waals surface area contributed by atoms with Gasteiger partial charge in [0.15, 0.2) is 0 Å². The third-order valence-electron chi connectivity index (χ3n) is 2.42. The normalized spacial score (nSPS) is 12.4. The fraction of sp³-hybridized carbons (Fsp3) is 0.231. The van der Waals surface area contributed by atoms with Crippen molar-refractivity contribution in [3.63, 3.8) is 0 Å². The first-order valence-corrected chi connectivity index (χ1v) is 7.39. The molecule has 0 amide bonds. The van der Waals surface area contributed by atoms with Gasteiger partial charge in [-0.25, -0.2) is 0 Å². The maximum Gasteiger partial charge on any atom is 0.125 e. The quantitative estimate of drug-likeness (QED) is 0.861. The zero-order chi connectivity index (χ0) is 13.1. The van der Waals surface area contributed by atoms with Gasteiger partial charge in [0.1, 0.15) is 12.4 Å². The molecule has 0 spiro atoms. The van der Waals surface area contributed by atoms with Gasteiger partial charge >= 0.3 is 0 Å². The van der Waals surface area contributed by atoms with Crippen molar-refractivity contribution in [2.45, 2.75) is 19.6 Å². The molecule has 0 radical (unpaired) electrons. The second-order valence-corrected chi connectivity index (χ2v) is 6.84. The number of benzene rings is 1. The summed E-state index contributed by atoms with van der Waals surface area (Å²) in [6.45, 7) is 2.18. The van der Waals surface area contributed by atoms with Crippen molar-refractivity contribution in [1.29, 1.82) is 0 Å². The minimum atomic E-state index is -0.603. The fourth-order valence-electron chi connectivity index (χ4n) is 1.56. The molecule has 0 aliphatic carbocycles. The van der Waals surface area contributed by atoms with Gasteiger partial charge in [0.2, 0.25) is 0 Å². The molecule has 2 rings (SSSR count). The lowest BCUT2D eigenvalue weighted by atomic mass is 10.1. The van der Waals surface area contributed by atoms with Crippen LogP contribution in [-0.2, 0) is 6.61 Å². The molecule has 96 valence electrons. The summed E-state index contributed by atoms with van der Waals surface area (Å²) in [5, 5.41) is 10.3. The SMILES string of the molecule is C[C@@H](O)c1cc(Cl)ccc1OCc1ccc(Br)s1. The minimum absolute atomic E-state index is 0.484. The predicted molar refractivity (Wildman–Crippen MR) is 78.4 cm³/mol. The third kappa shape index (κ3) is 3.48. The minimum Gasteiger partial charge on any atom is -0.488 e. The Morgan fingerprint density at radius 2 is 2.17 bits per heavy atom. The topological polar surface area (TPSA) is 29.5 Å². The highest BCUT2D eigenvalue weighted by molar-refractivity contribution is 9.11. The van der Waals surface area contributed by atoms with Crippen molar-refractivity contribution < 1.29 is 9.84 Å². The Balaban J connectivity index is 2.13. The second kappa shape index (κ2) is 6.06. The first-order chi connectivity index (χ1) is 8.56. The second-order valence-electron chi connectivity index (χ2n) is 3.85. The summed E-state index contributed by atoms with van der Waals surface area (Å²) in [5.74, 6) is 0.666. The van der Waals surface area contributed by atoms with Crippen LogP contribution in [0.25, 0.3) is 0 Å². The standard InChI is InChI=1S/C13H12BrClO2S/c1-8(16)11-6-9(15)2-4-12(11)17-7-10-3-5-13(14)18-10/h2-6,8,16H,7H2,1H3/t8-/m1/s1. The van der Waals surface area contributed by atoms with Crippen molar-refractivity contribution in [2.75, 3.05) is 0 Å². The predicted octanol–water partition coefficient (Wildman–Crippen LogP) is 4.80. The van der Waals surface area contributed by atoms with Gasteiger partial charge in [-0.05, 0) is 53.2 Å². The smallest absolute Gasteiger partial charge is 0.125 e. The van der Waals surface area contributed by atoms with Crippen LogP contribution in [0.1, 0.15) is 23.5 Å². The summed E-state index contributed by atoms with van der Waals surface area (Å²) in [6.07, 6.45) is -0.603. The molecule has 0 aliphatic rings. The Kier molecular flexibility index (Phi) is 4.67. The molecule has 0 bridgehead atoms. The van der Waals surface area contributed by atoms with Crippen molar-refractivity contribution in [2.24, 2.45) is 0 Å². The largest absolute Gasteiger partial charge is 0.488 e. The lowest BCUT2D eigenvalue weighted by Gasteiger charge is -2.13. The van der Waals surface area contributed by atoms with Gasteiger partial charge in [0.25, 0.3) is 0 Å².